The molecule has 1 heterocycles. The van der Waals surface area contributed by atoms with Gasteiger partial charge in [-0.1, -0.05) is 24.3 Å². The van der Waals surface area contributed by atoms with Crippen molar-refractivity contribution in [3.05, 3.63) is 59.7 Å². The van der Waals surface area contributed by atoms with E-state index in [9.17, 15) is 4.79 Å². The van der Waals surface area contributed by atoms with Crippen molar-refractivity contribution in [2.24, 2.45) is 0 Å². The van der Waals surface area contributed by atoms with Gasteiger partial charge in [0.2, 0.25) is 0 Å². The predicted octanol–water partition coefficient (Wildman–Crippen LogP) is 2.67. The summed E-state index contributed by atoms with van der Waals surface area (Å²) in [6.07, 6.45) is 1.18. The Hall–Kier alpha value is -2.37. The molecule has 0 amide bonds. The molecule has 0 aliphatic carbocycles. The molecule has 2 aromatic carbocycles. The Bertz CT molecular complexity index is 701. The summed E-state index contributed by atoms with van der Waals surface area (Å²) in [5.41, 5.74) is 2.29. The van der Waals surface area contributed by atoms with Crippen LogP contribution in [0.25, 0.3) is 0 Å². The minimum Gasteiger partial charge on any atom is -0.497 e. The first-order valence-electron chi connectivity index (χ1n) is 8.32. The SMILES string of the molecule is COc1ccc(C[C@H]2COC(C=O)N2Cc2cccc(OC)c2)cc1. The lowest BCUT2D eigenvalue weighted by molar-refractivity contribution is -0.122. The summed E-state index contributed by atoms with van der Waals surface area (Å²) in [4.78, 5) is 13.5. The zero-order chi connectivity index (χ0) is 17.6. The van der Waals surface area contributed by atoms with Gasteiger partial charge >= 0.3 is 0 Å². The lowest BCUT2D eigenvalue weighted by atomic mass is 10.0. The number of methoxy groups -OCH3 is 2. The van der Waals surface area contributed by atoms with Crippen LogP contribution in [0.4, 0.5) is 0 Å². The maximum atomic E-state index is 11.4. The van der Waals surface area contributed by atoms with E-state index < -0.39 is 6.23 Å². The fourth-order valence-electron chi connectivity index (χ4n) is 3.14. The molecule has 5 heteroatoms. The standard InChI is InChI=1S/C20H23NO4/c1-23-18-8-6-15(7-9-18)10-17-14-25-20(13-22)21(17)12-16-4-3-5-19(11-16)24-2/h3-9,11,13,17,20H,10,12,14H2,1-2H3/t17-,20?/m0/s1. The maximum Gasteiger partial charge on any atom is 0.167 e. The number of hydrogen-bond donors (Lipinski definition) is 0. The first-order chi connectivity index (χ1) is 12.2. The Morgan fingerprint density at radius 2 is 1.84 bits per heavy atom. The van der Waals surface area contributed by atoms with Crippen LogP contribution in [-0.2, 0) is 22.5 Å². The third-order valence-corrected chi connectivity index (χ3v) is 4.50. The van der Waals surface area contributed by atoms with E-state index in [0.29, 0.717) is 13.2 Å². The maximum absolute atomic E-state index is 11.4. The van der Waals surface area contributed by atoms with Crippen LogP contribution in [-0.4, -0.2) is 44.3 Å². The Labute approximate surface area is 148 Å². The topological polar surface area (TPSA) is 48.0 Å². The van der Waals surface area contributed by atoms with Crippen LogP contribution >= 0.6 is 0 Å². The van der Waals surface area contributed by atoms with Crippen molar-refractivity contribution in [1.29, 1.82) is 0 Å². The van der Waals surface area contributed by atoms with Gasteiger partial charge in [-0.15, -0.1) is 0 Å². The lowest BCUT2D eigenvalue weighted by Crippen LogP contribution is -2.38. The van der Waals surface area contributed by atoms with Gasteiger partial charge in [-0.3, -0.25) is 9.69 Å². The molecule has 2 atom stereocenters. The molecule has 1 aliphatic rings. The molecule has 0 bridgehead atoms. The highest BCUT2D eigenvalue weighted by molar-refractivity contribution is 5.56. The van der Waals surface area contributed by atoms with Crippen LogP contribution in [0.15, 0.2) is 48.5 Å². The van der Waals surface area contributed by atoms with Gasteiger partial charge in [0.25, 0.3) is 0 Å². The monoisotopic (exact) mass is 341 g/mol. The van der Waals surface area contributed by atoms with Gasteiger partial charge in [-0.25, -0.2) is 0 Å². The minimum absolute atomic E-state index is 0.148. The Kier molecular flexibility index (Phi) is 5.68. The number of benzene rings is 2. The van der Waals surface area contributed by atoms with Gasteiger partial charge in [-0.05, 0) is 41.8 Å². The molecule has 0 aromatic heterocycles. The van der Waals surface area contributed by atoms with E-state index >= 15 is 0 Å². The molecule has 1 unspecified atom stereocenters. The summed E-state index contributed by atoms with van der Waals surface area (Å²) >= 11 is 0. The van der Waals surface area contributed by atoms with Crippen LogP contribution in [0.2, 0.25) is 0 Å². The van der Waals surface area contributed by atoms with Crippen molar-refractivity contribution < 1.29 is 19.0 Å². The van der Waals surface area contributed by atoms with Crippen molar-refractivity contribution in [3.63, 3.8) is 0 Å². The van der Waals surface area contributed by atoms with Crippen molar-refractivity contribution in [3.8, 4) is 11.5 Å². The third kappa shape index (κ3) is 4.18. The summed E-state index contributed by atoms with van der Waals surface area (Å²) < 4.78 is 16.2. The highest BCUT2D eigenvalue weighted by Crippen LogP contribution is 2.24. The van der Waals surface area contributed by atoms with Crippen molar-refractivity contribution in [2.45, 2.75) is 25.2 Å². The van der Waals surface area contributed by atoms with Gasteiger partial charge in [0, 0.05) is 12.6 Å². The van der Waals surface area contributed by atoms with Crippen molar-refractivity contribution in [1.82, 2.24) is 4.90 Å². The molecule has 5 nitrogen and oxygen atoms in total. The van der Waals surface area contributed by atoms with E-state index in [1.807, 2.05) is 36.4 Å². The van der Waals surface area contributed by atoms with E-state index in [-0.39, 0.29) is 6.04 Å². The number of carbonyl (C=O) groups excluding carboxylic acids is 1. The number of rotatable bonds is 7. The first-order valence-corrected chi connectivity index (χ1v) is 8.32. The summed E-state index contributed by atoms with van der Waals surface area (Å²) in [6.45, 7) is 1.18. The molecular weight excluding hydrogens is 318 g/mol. The van der Waals surface area contributed by atoms with E-state index in [0.717, 1.165) is 29.8 Å². The second-order valence-electron chi connectivity index (χ2n) is 6.09. The van der Waals surface area contributed by atoms with Crippen LogP contribution in [0, 0.1) is 0 Å². The second kappa shape index (κ2) is 8.14. The molecule has 2 aromatic rings. The highest BCUT2D eigenvalue weighted by atomic mass is 16.5. The number of carbonyl (C=O) groups is 1. The van der Waals surface area contributed by atoms with E-state index in [2.05, 4.69) is 17.0 Å². The zero-order valence-corrected chi connectivity index (χ0v) is 14.6. The van der Waals surface area contributed by atoms with Gasteiger partial charge in [-0.2, -0.15) is 0 Å². The van der Waals surface area contributed by atoms with E-state index in [1.165, 1.54) is 5.56 Å². The fourth-order valence-corrected chi connectivity index (χ4v) is 3.14. The summed E-state index contributed by atoms with van der Waals surface area (Å²) in [6, 6.07) is 16.1. The Morgan fingerprint density at radius 1 is 1.08 bits per heavy atom. The number of aldehydes is 1. The normalized spacial score (nSPS) is 20.4. The van der Waals surface area contributed by atoms with Crippen LogP contribution < -0.4 is 9.47 Å². The molecule has 25 heavy (non-hydrogen) atoms. The highest BCUT2D eigenvalue weighted by Gasteiger charge is 2.34. The molecule has 1 aliphatic heterocycles. The Balaban J connectivity index is 1.74. The van der Waals surface area contributed by atoms with E-state index in [1.54, 1.807) is 14.2 Å². The number of ether oxygens (including phenoxy) is 3. The summed E-state index contributed by atoms with van der Waals surface area (Å²) in [5.74, 6) is 1.65. The number of nitrogens with zero attached hydrogens (tertiary/aromatic N) is 1. The molecule has 0 saturated carbocycles. The third-order valence-electron chi connectivity index (χ3n) is 4.50. The quantitative estimate of drug-likeness (QED) is 0.725. The molecule has 0 N–H and O–H groups in total. The average molecular weight is 341 g/mol. The van der Waals surface area contributed by atoms with Gasteiger partial charge in [0.05, 0.1) is 20.8 Å². The van der Waals surface area contributed by atoms with E-state index in [4.69, 9.17) is 14.2 Å². The molecule has 0 radical (unpaired) electrons. The fraction of sp³-hybridized carbons (Fsp3) is 0.350. The zero-order valence-electron chi connectivity index (χ0n) is 14.6. The molecule has 132 valence electrons. The Morgan fingerprint density at radius 3 is 2.52 bits per heavy atom. The summed E-state index contributed by atoms with van der Waals surface area (Å²) in [7, 11) is 3.31. The molecule has 3 rings (SSSR count). The second-order valence-corrected chi connectivity index (χ2v) is 6.09. The van der Waals surface area contributed by atoms with Crippen molar-refractivity contribution in [2.75, 3.05) is 20.8 Å². The largest absolute Gasteiger partial charge is 0.497 e. The molecule has 0 spiro atoms. The average Bonchev–Trinajstić information content (AvgIpc) is 3.04. The van der Waals surface area contributed by atoms with Gasteiger partial charge < -0.3 is 14.2 Å². The number of hydrogen-bond acceptors (Lipinski definition) is 5. The van der Waals surface area contributed by atoms with Crippen LogP contribution in [0.1, 0.15) is 11.1 Å². The first kappa shape index (κ1) is 17.5. The van der Waals surface area contributed by atoms with Gasteiger partial charge in [0.15, 0.2) is 12.5 Å². The minimum atomic E-state index is -0.505. The van der Waals surface area contributed by atoms with Gasteiger partial charge in [0.1, 0.15) is 11.5 Å². The molecular formula is C20H23NO4. The smallest absolute Gasteiger partial charge is 0.167 e. The lowest BCUT2D eigenvalue weighted by Gasteiger charge is -2.25. The predicted molar refractivity (Wildman–Crippen MR) is 94.8 cm³/mol. The van der Waals surface area contributed by atoms with Crippen LogP contribution in [0.3, 0.4) is 0 Å². The van der Waals surface area contributed by atoms with Crippen LogP contribution in [0.5, 0.6) is 11.5 Å². The summed E-state index contributed by atoms with van der Waals surface area (Å²) in [5, 5.41) is 0. The molecule has 1 fully saturated rings. The van der Waals surface area contributed by atoms with Crippen molar-refractivity contribution >= 4 is 6.29 Å². The molecule has 1 saturated heterocycles.